The maximum atomic E-state index is 14.1. The number of hydrogen-bond acceptors (Lipinski definition) is 7. The number of carboxylic acids is 1. The summed E-state index contributed by atoms with van der Waals surface area (Å²) in [5.41, 5.74) is 4.04. The van der Waals surface area contributed by atoms with Gasteiger partial charge in [-0.05, 0) is 67.8 Å². The van der Waals surface area contributed by atoms with Gasteiger partial charge >= 0.3 is 5.97 Å². The number of aromatic nitrogens is 5. The van der Waals surface area contributed by atoms with Crippen molar-refractivity contribution in [2.75, 3.05) is 13.1 Å². The van der Waals surface area contributed by atoms with Crippen LogP contribution in [0.15, 0.2) is 67.1 Å². The summed E-state index contributed by atoms with van der Waals surface area (Å²) in [6.45, 7) is 5.91. The molecule has 10 nitrogen and oxygen atoms in total. The largest absolute Gasteiger partial charge is 0.490 e. The summed E-state index contributed by atoms with van der Waals surface area (Å²) in [4.78, 5) is 28.3. The van der Waals surface area contributed by atoms with Crippen molar-refractivity contribution in [1.82, 2.24) is 29.0 Å². The van der Waals surface area contributed by atoms with Crippen LogP contribution in [-0.2, 0) is 31.0 Å². The molecule has 1 aliphatic heterocycles. The zero-order valence-electron chi connectivity index (χ0n) is 26.4. The fraction of sp³-hybridized carbons (Fsp3) is 0.333. The maximum Gasteiger partial charge on any atom is 0.320 e. The number of benzene rings is 2. The van der Waals surface area contributed by atoms with Gasteiger partial charge < -0.3 is 23.7 Å². The molecule has 2 atom stereocenters. The van der Waals surface area contributed by atoms with E-state index in [1.165, 1.54) is 12.1 Å². The average Bonchev–Trinajstić information content (AvgIpc) is 3.65. The molecule has 0 saturated carbocycles. The van der Waals surface area contributed by atoms with Crippen LogP contribution in [0.4, 0.5) is 4.39 Å². The SMILES string of the molecule is CCn1cncc1Cn1c(CN2CCC(Oc3cccc(COc4ccc(Cl)cc4F)c3)CC2)nc2ccc(C3C#CC3C(=O)O)nc21. The van der Waals surface area contributed by atoms with Gasteiger partial charge in [-0.25, -0.2) is 19.3 Å². The summed E-state index contributed by atoms with van der Waals surface area (Å²) in [5.74, 6) is 4.90. The third-order valence-electron chi connectivity index (χ3n) is 8.85. The number of carbonyl (C=O) groups is 1. The van der Waals surface area contributed by atoms with Crippen LogP contribution in [0.1, 0.15) is 48.5 Å². The van der Waals surface area contributed by atoms with Crippen LogP contribution in [0.5, 0.6) is 11.5 Å². The van der Waals surface area contributed by atoms with E-state index in [1.807, 2.05) is 48.9 Å². The molecule has 4 heterocycles. The molecule has 48 heavy (non-hydrogen) atoms. The topological polar surface area (TPSA) is 108 Å². The first-order valence-corrected chi connectivity index (χ1v) is 16.4. The number of nitrogens with zero attached hydrogens (tertiary/aromatic N) is 6. The van der Waals surface area contributed by atoms with Crippen LogP contribution in [0.25, 0.3) is 11.2 Å². The lowest BCUT2D eigenvalue weighted by atomic mass is 9.83. The predicted octanol–water partition coefficient (Wildman–Crippen LogP) is 5.91. The average molecular weight is 669 g/mol. The molecule has 3 aromatic heterocycles. The smallest absolute Gasteiger partial charge is 0.320 e. The first-order chi connectivity index (χ1) is 23.3. The number of imidazole rings is 2. The Kier molecular flexibility index (Phi) is 9.02. The van der Waals surface area contributed by atoms with Crippen molar-refractivity contribution < 1.29 is 23.8 Å². The molecule has 7 rings (SSSR count). The third kappa shape index (κ3) is 6.72. The summed E-state index contributed by atoms with van der Waals surface area (Å²) in [5, 5.41) is 9.87. The fourth-order valence-electron chi connectivity index (χ4n) is 6.19. The first kappa shape index (κ1) is 31.7. The van der Waals surface area contributed by atoms with E-state index >= 15 is 0 Å². The molecule has 2 unspecified atom stereocenters. The van der Waals surface area contributed by atoms with Gasteiger partial charge in [0.25, 0.3) is 0 Å². The van der Waals surface area contributed by atoms with Gasteiger partial charge in [-0.2, -0.15) is 0 Å². The lowest BCUT2D eigenvalue weighted by Gasteiger charge is -2.32. The Morgan fingerprint density at radius 1 is 1.08 bits per heavy atom. The van der Waals surface area contributed by atoms with Crippen LogP contribution in [-0.4, -0.2) is 59.3 Å². The molecule has 0 amide bonds. The Labute approximate surface area is 282 Å². The van der Waals surface area contributed by atoms with Gasteiger partial charge in [-0.1, -0.05) is 35.6 Å². The fourth-order valence-corrected chi connectivity index (χ4v) is 6.35. The molecule has 246 valence electrons. The van der Waals surface area contributed by atoms with Gasteiger partial charge in [0.15, 0.2) is 17.2 Å². The van der Waals surface area contributed by atoms with E-state index in [0.717, 1.165) is 60.8 Å². The molecule has 0 spiro atoms. The van der Waals surface area contributed by atoms with Crippen molar-refractivity contribution in [1.29, 1.82) is 0 Å². The van der Waals surface area contributed by atoms with Crippen molar-refractivity contribution >= 4 is 28.7 Å². The number of hydrogen-bond donors (Lipinski definition) is 1. The molecule has 1 aliphatic carbocycles. The van der Waals surface area contributed by atoms with Crippen LogP contribution in [0.3, 0.4) is 0 Å². The Bertz CT molecular complexity index is 2030. The summed E-state index contributed by atoms with van der Waals surface area (Å²) in [6.07, 6.45) is 5.43. The van der Waals surface area contributed by atoms with E-state index in [9.17, 15) is 14.3 Å². The third-order valence-corrected chi connectivity index (χ3v) is 9.09. The molecule has 2 aliphatic rings. The molecular formula is C36H34ClFN6O4. The minimum Gasteiger partial charge on any atom is -0.490 e. The van der Waals surface area contributed by atoms with Gasteiger partial charge in [-0.15, -0.1) is 0 Å². The number of fused-ring (bicyclic) bond motifs is 1. The first-order valence-electron chi connectivity index (χ1n) is 16.0. The number of carboxylic acid groups (broad SMARTS) is 1. The highest BCUT2D eigenvalue weighted by molar-refractivity contribution is 6.30. The van der Waals surface area contributed by atoms with Crippen LogP contribution in [0, 0.1) is 23.6 Å². The zero-order valence-corrected chi connectivity index (χ0v) is 27.1. The van der Waals surface area contributed by atoms with Gasteiger partial charge in [0.2, 0.25) is 0 Å². The van der Waals surface area contributed by atoms with Crippen molar-refractivity contribution in [3.05, 3.63) is 101 Å². The van der Waals surface area contributed by atoms with Gasteiger partial charge in [0.1, 0.15) is 35.7 Å². The quantitative estimate of drug-likeness (QED) is 0.164. The van der Waals surface area contributed by atoms with Crippen LogP contribution >= 0.6 is 11.6 Å². The molecule has 1 saturated heterocycles. The second-order valence-electron chi connectivity index (χ2n) is 12.1. The second-order valence-corrected chi connectivity index (χ2v) is 12.5. The standard InChI is InChI=1S/C36H34ClFN6O4/c1-2-43-22-39-18-25(43)19-44-34(40-32-10-9-31(41-35(32)44)28-7-8-29(28)36(45)46)20-42-14-12-26(13-15-42)48-27-5-3-4-23(16-27)21-47-33-11-6-24(37)17-30(33)38/h3-6,9-11,16-18,22,26,28-29H,2,12-15,19-21H2,1H3,(H,45,46). The molecule has 12 heteroatoms. The van der Waals surface area contributed by atoms with Crippen molar-refractivity contribution in [2.24, 2.45) is 5.92 Å². The predicted molar refractivity (Wildman–Crippen MR) is 177 cm³/mol. The molecule has 0 radical (unpaired) electrons. The van der Waals surface area contributed by atoms with E-state index in [4.69, 9.17) is 31.0 Å². The normalized spacial score (nSPS) is 17.9. The lowest BCUT2D eigenvalue weighted by Crippen LogP contribution is -2.38. The molecule has 0 bridgehead atoms. The van der Waals surface area contributed by atoms with E-state index in [0.29, 0.717) is 29.5 Å². The van der Waals surface area contributed by atoms with Crippen molar-refractivity contribution in [2.45, 2.75) is 58.0 Å². The van der Waals surface area contributed by atoms with Crippen LogP contribution < -0.4 is 9.47 Å². The van der Waals surface area contributed by atoms with E-state index in [1.54, 1.807) is 6.07 Å². The minimum absolute atomic E-state index is 0.0545. The highest BCUT2D eigenvalue weighted by atomic mass is 35.5. The molecule has 1 fully saturated rings. The number of aliphatic carboxylic acids is 1. The Morgan fingerprint density at radius 3 is 2.69 bits per heavy atom. The van der Waals surface area contributed by atoms with Gasteiger partial charge in [0, 0.05) is 30.9 Å². The highest BCUT2D eigenvalue weighted by Crippen LogP contribution is 2.31. The monoisotopic (exact) mass is 668 g/mol. The summed E-state index contributed by atoms with van der Waals surface area (Å²) < 4.78 is 30.4. The zero-order chi connectivity index (χ0) is 33.2. The molecule has 1 N–H and O–H groups in total. The Hall–Kier alpha value is -4.92. The number of ether oxygens (including phenoxy) is 2. The summed E-state index contributed by atoms with van der Waals surface area (Å²) in [6, 6.07) is 15.8. The second kappa shape index (κ2) is 13.7. The summed E-state index contributed by atoms with van der Waals surface area (Å²) >= 11 is 5.85. The highest BCUT2D eigenvalue weighted by Gasteiger charge is 2.34. The number of piperidine rings is 1. The van der Waals surface area contributed by atoms with Gasteiger partial charge in [-0.3, -0.25) is 9.69 Å². The van der Waals surface area contributed by atoms with Crippen LogP contribution in [0.2, 0.25) is 5.02 Å². The minimum atomic E-state index is -0.929. The molecule has 2 aromatic carbocycles. The van der Waals surface area contributed by atoms with Crippen molar-refractivity contribution in [3.63, 3.8) is 0 Å². The summed E-state index contributed by atoms with van der Waals surface area (Å²) in [7, 11) is 0. The van der Waals surface area contributed by atoms with E-state index < -0.39 is 23.6 Å². The molecule has 5 aromatic rings. The van der Waals surface area contributed by atoms with Crippen molar-refractivity contribution in [3.8, 4) is 23.3 Å². The number of rotatable bonds is 12. The maximum absolute atomic E-state index is 14.1. The number of pyridine rings is 1. The van der Waals surface area contributed by atoms with E-state index in [-0.39, 0.29) is 18.5 Å². The Morgan fingerprint density at radius 2 is 1.94 bits per heavy atom. The number of halogens is 2. The van der Waals surface area contributed by atoms with E-state index in [2.05, 4.69) is 37.8 Å². The number of aryl methyl sites for hydroxylation is 1. The Balaban J connectivity index is 1.02. The molecular weight excluding hydrogens is 635 g/mol. The lowest BCUT2D eigenvalue weighted by molar-refractivity contribution is -0.140. The number of likely N-dealkylation sites (tertiary alicyclic amines) is 1. The van der Waals surface area contributed by atoms with Gasteiger partial charge in [0.05, 0.1) is 36.7 Å².